The number of phenols is 1. The average molecular weight is 258 g/mol. The summed E-state index contributed by atoms with van der Waals surface area (Å²) in [7, 11) is 0. The molecule has 2 N–H and O–H groups in total. The first-order valence-corrected chi connectivity index (χ1v) is 5.86. The van der Waals surface area contributed by atoms with Gasteiger partial charge in [-0.3, -0.25) is 4.79 Å². The molecular weight excluding hydrogens is 244 g/mol. The number of benzene rings is 1. The van der Waals surface area contributed by atoms with Crippen molar-refractivity contribution >= 4 is 23.1 Å². The van der Waals surface area contributed by atoms with Gasteiger partial charge in [-0.25, -0.2) is 0 Å². The quantitative estimate of drug-likeness (QED) is 0.867. The predicted octanol–water partition coefficient (Wildman–Crippen LogP) is 3.27. The van der Waals surface area contributed by atoms with Crippen LogP contribution in [0.4, 0.5) is 0 Å². The zero-order valence-corrected chi connectivity index (χ0v) is 10.7. The molecule has 0 fully saturated rings. The van der Waals surface area contributed by atoms with Crippen molar-refractivity contribution in [2.75, 3.05) is 0 Å². The van der Waals surface area contributed by atoms with Gasteiger partial charge in [-0.2, -0.15) is 0 Å². The zero-order valence-electron chi connectivity index (χ0n) is 10.7. The monoisotopic (exact) mass is 258 g/mol. The van der Waals surface area contributed by atoms with E-state index in [-0.39, 0.29) is 22.5 Å². The lowest BCUT2D eigenvalue weighted by Crippen LogP contribution is -2.02. The molecule has 0 atom stereocenters. The van der Waals surface area contributed by atoms with Crippen molar-refractivity contribution in [3.05, 3.63) is 45.8 Å². The maximum atomic E-state index is 12.0. The lowest BCUT2D eigenvalue weighted by atomic mass is 10.1. The molecule has 98 valence electrons. The highest BCUT2D eigenvalue weighted by Crippen LogP contribution is 2.28. The van der Waals surface area contributed by atoms with Crippen molar-refractivity contribution in [2.45, 2.75) is 13.8 Å². The van der Waals surface area contributed by atoms with Crippen molar-refractivity contribution in [2.24, 2.45) is 0 Å². The Bertz CT molecular complexity index is 736. The fourth-order valence-corrected chi connectivity index (χ4v) is 1.83. The summed E-state index contributed by atoms with van der Waals surface area (Å²) in [6, 6.07) is 2.87. The van der Waals surface area contributed by atoms with Crippen LogP contribution in [0.15, 0.2) is 33.5 Å². The van der Waals surface area contributed by atoms with E-state index in [1.165, 1.54) is 18.2 Å². The minimum atomic E-state index is -0.514. The van der Waals surface area contributed by atoms with Gasteiger partial charge >= 0.3 is 0 Å². The van der Waals surface area contributed by atoms with Gasteiger partial charge in [0.1, 0.15) is 11.3 Å². The molecule has 19 heavy (non-hydrogen) atoms. The Hall–Kier alpha value is -2.49. The SMILES string of the molecule is C/C=C/c1cc2c(=O)c(O)c(/C=C/C)oc2cc1O. The highest BCUT2D eigenvalue weighted by Gasteiger charge is 2.13. The fraction of sp³-hybridized carbons (Fsp3) is 0.133. The lowest BCUT2D eigenvalue weighted by molar-refractivity contribution is 0.436. The van der Waals surface area contributed by atoms with Gasteiger partial charge in [0.05, 0.1) is 5.39 Å². The van der Waals surface area contributed by atoms with Crippen LogP contribution in [0.1, 0.15) is 25.2 Å². The molecule has 0 saturated heterocycles. The number of allylic oxidation sites excluding steroid dienone is 2. The second-order valence-electron chi connectivity index (χ2n) is 4.05. The van der Waals surface area contributed by atoms with E-state index in [1.807, 2.05) is 0 Å². The Morgan fingerprint density at radius 2 is 1.79 bits per heavy atom. The second-order valence-corrected chi connectivity index (χ2v) is 4.05. The first-order chi connectivity index (χ1) is 9.08. The van der Waals surface area contributed by atoms with Crippen molar-refractivity contribution in [1.82, 2.24) is 0 Å². The normalized spacial score (nSPS) is 11.9. The van der Waals surface area contributed by atoms with Crippen molar-refractivity contribution in [3.8, 4) is 11.5 Å². The van der Waals surface area contributed by atoms with Crippen molar-refractivity contribution in [1.29, 1.82) is 0 Å². The summed E-state index contributed by atoms with van der Waals surface area (Å²) in [6.07, 6.45) is 6.56. The molecule has 2 aromatic rings. The largest absolute Gasteiger partial charge is 0.507 e. The van der Waals surface area contributed by atoms with Crippen molar-refractivity contribution in [3.63, 3.8) is 0 Å². The minimum absolute atomic E-state index is 0.0193. The first kappa shape index (κ1) is 13.0. The van der Waals surface area contributed by atoms with E-state index < -0.39 is 11.2 Å². The molecule has 0 bridgehead atoms. The highest BCUT2D eigenvalue weighted by atomic mass is 16.4. The molecule has 0 spiro atoms. The van der Waals surface area contributed by atoms with E-state index in [2.05, 4.69) is 0 Å². The second kappa shape index (κ2) is 5.02. The maximum absolute atomic E-state index is 12.0. The predicted molar refractivity (Wildman–Crippen MR) is 75.2 cm³/mol. The summed E-state index contributed by atoms with van der Waals surface area (Å²) in [5.41, 5.74) is 0.224. The molecule has 0 saturated carbocycles. The summed E-state index contributed by atoms with van der Waals surface area (Å²) in [5.74, 6) is -0.327. The van der Waals surface area contributed by atoms with Gasteiger partial charge in [-0.15, -0.1) is 0 Å². The van der Waals surface area contributed by atoms with E-state index in [0.29, 0.717) is 5.56 Å². The fourth-order valence-electron chi connectivity index (χ4n) is 1.83. The van der Waals surface area contributed by atoms with Crippen LogP contribution in [0.3, 0.4) is 0 Å². The summed E-state index contributed by atoms with van der Waals surface area (Å²) in [4.78, 5) is 12.0. The van der Waals surface area contributed by atoms with E-state index in [0.717, 1.165) is 0 Å². The number of hydrogen-bond donors (Lipinski definition) is 2. The molecule has 0 aliphatic rings. The standard InChI is InChI=1S/C15H14O4/c1-3-5-9-7-10-13(8-11(9)16)19-12(6-4-2)15(18)14(10)17/h3-8,16,18H,1-2H3/b5-3+,6-4+. The minimum Gasteiger partial charge on any atom is -0.507 e. The lowest BCUT2D eigenvalue weighted by Gasteiger charge is -2.05. The van der Waals surface area contributed by atoms with Gasteiger partial charge in [-0.05, 0) is 26.0 Å². The topological polar surface area (TPSA) is 70.7 Å². The molecule has 1 aromatic carbocycles. The zero-order chi connectivity index (χ0) is 14.0. The number of rotatable bonds is 2. The van der Waals surface area contributed by atoms with E-state index in [9.17, 15) is 15.0 Å². The van der Waals surface area contributed by atoms with E-state index >= 15 is 0 Å². The highest BCUT2D eigenvalue weighted by molar-refractivity contribution is 5.84. The number of phenolic OH excluding ortho intramolecular Hbond substituents is 1. The van der Waals surface area contributed by atoms with Crippen molar-refractivity contribution < 1.29 is 14.6 Å². The van der Waals surface area contributed by atoms with Gasteiger partial charge in [-0.1, -0.05) is 18.2 Å². The summed E-state index contributed by atoms with van der Waals surface area (Å²) in [6.45, 7) is 3.55. The maximum Gasteiger partial charge on any atom is 0.235 e. The van der Waals surface area contributed by atoms with Crippen LogP contribution in [0.25, 0.3) is 23.1 Å². The van der Waals surface area contributed by atoms with Crippen LogP contribution >= 0.6 is 0 Å². The molecule has 0 radical (unpaired) electrons. The molecule has 2 rings (SSSR count). The summed E-state index contributed by atoms with van der Waals surface area (Å²) in [5, 5.41) is 19.8. The molecule has 4 heteroatoms. The van der Waals surface area contributed by atoms with Crippen LogP contribution in [0.5, 0.6) is 11.5 Å². The first-order valence-electron chi connectivity index (χ1n) is 5.86. The Kier molecular flexibility index (Phi) is 3.42. The van der Waals surface area contributed by atoms with Crippen LogP contribution in [-0.2, 0) is 0 Å². The Labute approximate surface area is 109 Å². The number of aromatic hydroxyl groups is 2. The summed E-state index contributed by atoms with van der Waals surface area (Å²) >= 11 is 0. The molecule has 1 aromatic heterocycles. The molecular formula is C15H14O4. The van der Waals surface area contributed by atoms with Crippen LogP contribution in [-0.4, -0.2) is 10.2 Å². The van der Waals surface area contributed by atoms with Gasteiger partial charge in [0.25, 0.3) is 0 Å². The van der Waals surface area contributed by atoms with Gasteiger partial charge < -0.3 is 14.6 Å². The van der Waals surface area contributed by atoms with Gasteiger partial charge in [0, 0.05) is 11.6 Å². The Morgan fingerprint density at radius 1 is 1.11 bits per heavy atom. The molecule has 4 nitrogen and oxygen atoms in total. The van der Waals surface area contributed by atoms with Crippen LogP contribution < -0.4 is 5.43 Å². The molecule has 0 aliphatic carbocycles. The third kappa shape index (κ3) is 2.25. The van der Waals surface area contributed by atoms with Gasteiger partial charge in [0.2, 0.25) is 11.2 Å². The molecule has 0 unspecified atom stereocenters. The van der Waals surface area contributed by atoms with E-state index in [1.54, 1.807) is 32.1 Å². The molecule has 0 amide bonds. The smallest absolute Gasteiger partial charge is 0.235 e. The number of fused-ring (bicyclic) bond motifs is 1. The van der Waals surface area contributed by atoms with E-state index in [4.69, 9.17) is 4.42 Å². The third-order valence-electron chi connectivity index (χ3n) is 2.71. The molecule has 0 aliphatic heterocycles. The molecule has 1 heterocycles. The summed E-state index contributed by atoms with van der Waals surface area (Å²) < 4.78 is 5.41. The Morgan fingerprint density at radius 3 is 2.42 bits per heavy atom. The van der Waals surface area contributed by atoms with Gasteiger partial charge in [0.15, 0.2) is 5.76 Å². The average Bonchev–Trinajstić information content (AvgIpc) is 2.38. The van der Waals surface area contributed by atoms with Crippen LogP contribution in [0.2, 0.25) is 0 Å². The van der Waals surface area contributed by atoms with Crippen LogP contribution in [0, 0.1) is 0 Å². The Balaban J connectivity index is 2.85. The third-order valence-corrected chi connectivity index (χ3v) is 2.71. The number of hydrogen-bond acceptors (Lipinski definition) is 4.